The molecule has 0 spiro atoms. The van der Waals surface area contributed by atoms with Gasteiger partial charge in [-0.3, -0.25) is 9.36 Å². The molecule has 0 radical (unpaired) electrons. The van der Waals surface area contributed by atoms with Crippen LogP contribution in [-0.4, -0.2) is 51.1 Å². The van der Waals surface area contributed by atoms with Gasteiger partial charge in [0.05, 0.1) is 13.1 Å². The fraction of sp³-hybridized carbons (Fsp3) is 0.471. The van der Waals surface area contributed by atoms with Crippen LogP contribution >= 0.6 is 0 Å². The maximum absolute atomic E-state index is 12.7. The minimum atomic E-state index is -0.237. The van der Waals surface area contributed by atoms with Crippen LogP contribution < -0.4 is 0 Å². The summed E-state index contributed by atoms with van der Waals surface area (Å²) in [4.78, 5) is 16.6. The topological polar surface area (TPSA) is 54.3 Å². The van der Waals surface area contributed by atoms with Crippen LogP contribution in [0.5, 0.6) is 0 Å². The normalized spacial score (nSPS) is 17.7. The van der Waals surface area contributed by atoms with Crippen LogP contribution in [0.2, 0.25) is 0 Å². The number of benzene rings is 1. The van der Waals surface area contributed by atoms with Gasteiger partial charge in [-0.25, -0.2) is 0 Å². The number of hydrogen-bond donors (Lipinski definition) is 0. The van der Waals surface area contributed by atoms with Crippen molar-refractivity contribution in [2.45, 2.75) is 32.5 Å². The molecule has 23 heavy (non-hydrogen) atoms. The molecular formula is C17H23N5O. The third-order valence-corrected chi connectivity index (χ3v) is 4.20. The van der Waals surface area contributed by atoms with E-state index in [0.29, 0.717) is 19.6 Å². The van der Waals surface area contributed by atoms with Gasteiger partial charge in [0.2, 0.25) is 5.91 Å². The molecule has 2 heterocycles. The maximum atomic E-state index is 12.7. The van der Waals surface area contributed by atoms with E-state index < -0.39 is 0 Å². The Kier molecular flexibility index (Phi) is 4.43. The van der Waals surface area contributed by atoms with Crippen molar-refractivity contribution in [3.63, 3.8) is 0 Å². The van der Waals surface area contributed by atoms with E-state index in [-0.39, 0.29) is 11.9 Å². The van der Waals surface area contributed by atoms with Crippen molar-refractivity contribution >= 4 is 5.91 Å². The molecule has 1 amide bonds. The highest BCUT2D eigenvalue weighted by Gasteiger charge is 2.32. The highest BCUT2D eigenvalue weighted by molar-refractivity contribution is 5.81. The van der Waals surface area contributed by atoms with Crippen LogP contribution in [0.25, 0.3) is 0 Å². The van der Waals surface area contributed by atoms with Crippen LogP contribution in [0.3, 0.4) is 0 Å². The van der Waals surface area contributed by atoms with Crippen molar-refractivity contribution in [3.8, 4) is 0 Å². The number of carbonyl (C=O) groups excluding carboxylic acids is 1. The number of carbonyl (C=O) groups is 1. The molecule has 0 aliphatic carbocycles. The van der Waals surface area contributed by atoms with Gasteiger partial charge in [-0.15, -0.1) is 10.2 Å². The largest absolute Gasteiger partial charge is 0.333 e. The third kappa shape index (κ3) is 3.27. The van der Waals surface area contributed by atoms with E-state index in [1.165, 1.54) is 5.56 Å². The zero-order chi connectivity index (χ0) is 16.4. The Morgan fingerprint density at radius 2 is 1.96 bits per heavy atom. The summed E-state index contributed by atoms with van der Waals surface area (Å²) in [5, 5.41) is 8.56. The first-order valence-corrected chi connectivity index (χ1v) is 7.96. The van der Waals surface area contributed by atoms with Gasteiger partial charge in [0, 0.05) is 6.54 Å². The maximum Gasteiger partial charge on any atom is 0.245 e. The number of nitrogens with zero attached hydrogens (tertiary/aromatic N) is 5. The quantitative estimate of drug-likeness (QED) is 0.839. The van der Waals surface area contributed by atoms with Gasteiger partial charge in [0.15, 0.2) is 5.82 Å². The minimum absolute atomic E-state index is 0.147. The predicted octanol–water partition coefficient (Wildman–Crippen LogP) is 1.49. The number of fused-ring (bicyclic) bond motifs is 1. The molecule has 1 aromatic carbocycles. The fourth-order valence-electron chi connectivity index (χ4n) is 3.03. The van der Waals surface area contributed by atoms with Gasteiger partial charge in [-0.1, -0.05) is 30.3 Å². The van der Waals surface area contributed by atoms with Crippen molar-refractivity contribution in [3.05, 3.63) is 47.5 Å². The van der Waals surface area contributed by atoms with Crippen molar-refractivity contribution < 1.29 is 4.79 Å². The first-order valence-electron chi connectivity index (χ1n) is 7.96. The lowest BCUT2D eigenvalue weighted by molar-refractivity contribution is -0.137. The van der Waals surface area contributed by atoms with E-state index in [1.54, 1.807) is 0 Å². The molecule has 0 N–H and O–H groups in total. The number of aromatic nitrogens is 3. The highest BCUT2D eigenvalue weighted by Crippen LogP contribution is 2.23. The highest BCUT2D eigenvalue weighted by atomic mass is 16.2. The first kappa shape index (κ1) is 15.7. The third-order valence-electron chi connectivity index (χ3n) is 4.20. The summed E-state index contributed by atoms with van der Waals surface area (Å²) < 4.78 is 1.99. The van der Waals surface area contributed by atoms with Gasteiger partial charge >= 0.3 is 0 Å². The Labute approximate surface area is 136 Å². The van der Waals surface area contributed by atoms with Gasteiger partial charge in [0.1, 0.15) is 11.9 Å². The zero-order valence-electron chi connectivity index (χ0n) is 13.9. The summed E-state index contributed by atoms with van der Waals surface area (Å²) in [6, 6.07) is 10.0. The van der Waals surface area contributed by atoms with E-state index in [1.807, 2.05) is 53.6 Å². The monoisotopic (exact) mass is 313 g/mol. The molecular weight excluding hydrogens is 290 g/mol. The molecule has 1 aliphatic heterocycles. The Morgan fingerprint density at radius 3 is 2.65 bits per heavy atom. The lowest BCUT2D eigenvalue weighted by Crippen LogP contribution is -2.43. The van der Waals surface area contributed by atoms with E-state index >= 15 is 0 Å². The van der Waals surface area contributed by atoms with Gasteiger partial charge < -0.3 is 9.80 Å². The van der Waals surface area contributed by atoms with E-state index in [4.69, 9.17) is 0 Å². The molecule has 0 saturated heterocycles. The van der Waals surface area contributed by atoms with Crippen LogP contribution in [-0.2, 0) is 24.3 Å². The summed E-state index contributed by atoms with van der Waals surface area (Å²) in [7, 11) is 3.98. The summed E-state index contributed by atoms with van der Waals surface area (Å²) in [5.74, 6) is 1.88. The predicted molar refractivity (Wildman–Crippen MR) is 87.7 cm³/mol. The van der Waals surface area contributed by atoms with Gasteiger partial charge in [-0.05, 0) is 33.0 Å². The lowest BCUT2D eigenvalue weighted by atomic mass is 10.1. The Hall–Kier alpha value is -2.21. The van der Waals surface area contributed by atoms with Crippen molar-refractivity contribution in [2.24, 2.45) is 0 Å². The minimum Gasteiger partial charge on any atom is -0.333 e. The summed E-state index contributed by atoms with van der Waals surface area (Å²) >= 11 is 0. The molecule has 6 nitrogen and oxygen atoms in total. The first-order chi connectivity index (χ1) is 11.1. The van der Waals surface area contributed by atoms with E-state index in [0.717, 1.165) is 18.1 Å². The summed E-state index contributed by atoms with van der Waals surface area (Å²) in [6.07, 6.45) is 0.859. The number of amides is 1. The molecule has 1 aromatic heterocycles. The molecule has 0 bridgehead atoms. The number of hydrogen-bond acceptors (Lipinski definition) is 4. The summed E-state index contributed by atoms with van der Waals surface area (Å²) in [5.41, 5.74) is 1.24. The van der Waals surface area contributed by atoms with Gasteiger partial charge in [-0.2, -0.15) is 0 Å². The fourth-order valence-corrected chi connectivity index (χ4v) is 3.03. The summed E-state index contributed by atoms with van der Waals surface area (Å²) in [6.45, 7) is 3.87. The molecule has 0 fully saturated rings. The van der Waals surface area contributed by atoms with Crippen LogP contribution in [0.1, 0.15) is 30.2 Å². The average molecular weight is 313 g/mol. The Balaban J connectivity index is 1.74. The van der Waals surface area contributed by atoms with Crippen LogP contribution in [0, 0.1) is 0 Å². The Bertz CT molecular complexity index is 680. The van der Waals surface area contributed by atoms with E-state index in [9.17, 15) is 4.79 Å². The second-order valence-electron chi connectivity index (χ2n) is 6.31. The molecule has 0 unspecified atom stereocenters. The SMILES string of the molecule is C[C@H]1C(=O)N(CCc2ccccc2)Cc2nnc(CN(C)C)n21. The smallest absolute Gasteiger partial charge is 0.245 e. The average Bonchev–Trinajstić information content (AvgIpc) is 2.92. The molecule has 2 aromatic rings. The van der Waals surface area contributed by atoms with E-state index in [2.05, 4.69) is 22.3 Å². The molecule has 0 saturated carbocycles. The second kappa shape index (κ2) is 6.50. The molecule has 6 heteroatoms. The van der Waals surface area contributed by atoms with Crippen molar-refractivity contribution in [2.75, 3.05) is 20.6 Å². The molecule has 122 valence electrons. The van der Waals surface area contributed by atoms with Crippen molar-refractivity contribution in [1.82, 2.24) is 24.6 Å². The number of rotatable bonds is 5. The lowest BCUT2D eigenvalue weighted by Gasteiger charge is -2.32. The molecule has 1 aliphatic rings. The zero-order valence-corrected chi connectivity index (χ0v) is 13.9. The van der Waals surface area contributed by atoms with Crippen LogP contribution in [0.4, 0.5) is 0 Å². The second-order valence-corrected chi connectivity index (χ2v) is 6.31. The van der Waals surface area contributed by atoms with Crippen LogP contribution in [0.15, 0.2) is 30.3 Å². The molecule has 1 atom stereocenters. The van der Waals surface area contributed by atoms with Gasteiger partial charge in [0.25, 0.3) is 0 Å². The standard InChI is InChI=1S/C17H23N5O/c1-13-17(23)21(10-9-14-7-5-4-6-8-14)12-16-19-18-15(22(13)16)11-20(2)3/h4-8,13H,9-12H2,1-3H3/t13-/m0/s1. The molecule has 3 rings (SSSR count). The van der Waals surface area contributed by atoms with Crippen molar-refractivity contribution in [1.29, 1.82) is 0 Å². The Morgan fingerprint density at radius 1 is 1.22 bits per heavy atom.